The zero-order valence-electron chi connectivity index (χ0n) is 12.2. The first-order valence-electron chi connectivity index (χ1n) is 7.30. The Kier molecular flexibility index (Phi) is 3.86. The minimum absolute atomic E-state index is 0.0930. The fraction of sp³-hybridized carbons (Fsp3) is 0.294. The van der Waals surface area contributed by atoms with Gasteiger partial charge in [0.05, 0.1) is 0 Å². The number of carbonyl (C=O) groups excluding carboxylic acids is 1. The van der Waals surface area contributed by atoms with E-state index in [1.54, 1.807) is 24.2 Å². The number of nitrogens with zero attached hydrogens (tertiary/aromatic N) is 3. The Balaban J connectivity index is 1.75. The Morgan fingerprint density at radius 1 is 1.10 bits per heavy atom. The van der Waals surface area contributed by atoms with Crippen molar-refractivity contribution in [3.8, 4) is 0 Å². The monoisotopic (exact) mass is 281 g/mol. The first-order valence-corrected chi connectivity index (χ1v) is 7.30. The molecule has 4 heteroatoms. The van der Waals surface area contributed by atoms with Gasteiger partial charge in [-0.2, -0.15) is 0 Å². The van der Waals surface area contributed by atoms with E-state index >= 15 is 0 Å². The number of aromatic nitrogens is 1. The van der Waals surface area contributed by atoms with Gasteiger partial charge in [-0.25, -0.2) is 0 Å². The van der Waals surface area contributed by atoms with E-state index in [0.717, 1.165) is 18.8 Å². The SMILES string of the molecule is CN(C(=O)c1ccccn1)c1ccc(N2CCCC2)cc1. The molecule has 0 bridgehead atoms. The minimum Gasteiger partial charge on any atom is -0.372 e. The van der Waals surface area contributed by atoms with E-state index in [1.807, 2.05) is 24.3 Å². The summed E-state index contributed by atoms with van der Waals surface area (Å²) in [6, 6.07) is 13.5. The minimum atomic E-state index is -0.0930. The van der Waals surface area contributed by atoms with Gasteiger partial charge in [0.25, 0.3) is 5.91 Å². The molecule has 1 aromatic heterocycles. The standard InChI is InChI=1S/C17H19N3O/c1-19(17(21)16-6-2-3-11-18-16)14-7-9-15(10-8-14)20-12-4-5-13-20/h2-3,6-11H,4-5,12-13H2,1H3. The highest BCUT2D eigenvalue weighted by atomic mass is 16.2. The molecule has 1 saturated heterocycles. The highest BCUT2D eigenvalue weighted by molar-refractivity contribution is 6.04. The van der Waals surface area contributed by atoms with E-state index in [9.17, 15) is 4.79 Å². The van der Waals surface area contributed by atoms with Gasteiger partial charge in [0.1, 0.15) is 5.69 Å². The Labute approximate surface area is 125 Å². The highest BCUT2D eigenvalue weighted by Gasteiger charge is 2.16. The number of hydrogen-bond acceptors (Lipinski definition) is 3. The molecule has 21 heavy (non-hydrogen) atoms. The third-order valence-electron chi connectivity index (χ3n) is 3.90. The van der Waals surface area contributed by atoms with E-state index in [-0.39, 0.29) is 5.91 Å². The lowest BCUT2D eigenvalue weighted by Crippen LogP contribution is -2.27. The zero-order chi connectivity index (χ0) is 14.7. The van der Waals surface area contributed by atoms with Crippen LogP contribution in [0.5, 0.6) is 0 Å². The number of pyridine rings is 1. The molecule has 0 spiro atoms. The van der Waals surface area contributed by atoms with Crippen molar-refractivity contribution >= 4 is 17.3 Å². The Morgan fingerprint density at radius 3 is 2.43 bits per heavy atom. The molecule has 1 fully saturated rings. The summed E-state index contributed by atoms with van der Waals surface area (Å²) in [4.78, 5) is 20.5. The van der Waals surface area contributed by atoms with Crippen molar-refractivity contribution in [3.63, 3.8) is 0 Å². The number of benzene rings is 1. The van der Waals surface area contributed by atoms with Gasteiger partial charge in [0, 0.05) is 37.7 Å². The summed E-state index contributed by atoms with van der Waals surface area (Å²) in [6.07, 6.45) is 4.16. The van der Waals surface area contributed by atoms with Gasteiger partial charge < -0.3 is 9.80 Å². The van der Waals surface area contributed by atoms with E-state index in [0.29, 0.717) is 5.69 Å². The van der Waals surface area contributed by atoms with Gasteiger partial charge in [-0.1, -0.05) is 6.07 Å². The summed E-state index contributed by atoms with van der Waals surface area (Å²) in [6.45, 7) is 2.25. The van der Waals surface area contributed by atoms with Crippen LogP contribution in [-0.2, 0) is 0 Å². The van der Waals surface area contributed by atoms with Crippen LogP contribution in [-0.4, -0.2) is 31.0 Å². The number of anilines is 2. The third-order valence-corrected chi connectivity index (χ3v) is 3.90. The maximum absolute atomic E-state index is 12.3. The summed E-state index contributed by atoms with van der Waals surface area (Å²) in [5.41, 5.74) is 2.58. The fourth-order valence-electron chi connectivity index (χ4n) is 2.64. The molecule has 0 atom stereocenters. The second-order valence-electron chi connectivity index (χ2n) is 5.29. The van der Waals surface area contributed by atoms with Crippen molar-refractivity contribution in [2.45, 2.75) is 12.8 Å². The van der Waals surface area contributed by atoms with Crippen molar-refractivity contribution in [3.05, 3.63) is 54.4 Å². The van der Waals surface area contributed by atoms with Gasteiger partial charge in [-0.3, -0.25) is 9.78 Å². The number of amides is 1. The van der Waals surface area contributed by atoms with Gasteiger partial charge in [0.15, 0.2) is 0 Å². The molecular weight excluding hydrogens is 262 g/mol. The molecule has 3 rings (SSSR count). The molecule has 1 aliphatic rings. The molecule has 0 radical (unpaired) electrons. The molecule has 0 aliphatic carbocycles. The molecule has 0 saturated carbocycles. The van der Waals surface area contributed by atoms with Crippen molar-refractivity contribution in [2.24, 2.45) is 0 Å². The molecule has 1 aliphatic heterocycles. The first-order chi connectivity index (χ1) is 10.3. The lowest BCUT2D eigenvalue weighted by atomic mass is 10.2. The van der Waals surface area contributed by atoms with Crippen LogP contribution in [0.1, 0.15) is 23.3 Å². The van der Waals surface area contributed by atoms with Gasteiger partial charge in [0.2, 0.25) is 0 Å². The molecule has 108 valence electrons. The molecule has 0 N–H and O–H groups in total. The largest absolute Gasteiger partial charge is 0.372 e. The van der Waals surface area contributed by atoms with E-state index < -0.39 is 0 Å². The van der Waals surface area contributed by atoms with E-state index in [2.05, 4.69) is 22.0 Å². The van der Waals surface area contributed by atoms with Crippen molar-refractivity contribution in [2.75, 3.05) is 29.9 Å². The lowest BCUT2D eigenvalue weighted by molar-refractivity contribution is 0.0988. The van der Waals surface area contributed by atoms with Crippen molar-refractivity contribution in [1.82, 2.24) is 4.98 Å². The predicted octanol–water partition coefficient (Wildman–Crippen LogP) is 2.96. The smallest absolute Gasteiger partial charge is 0.276 e. The Bertz CT molecular complexity index is 604. The number of rotatable bonds is 3. The van der Waals surface area contributed by atoms with E-state index in [4.69, 9.17) is 0 Å². The lowest BCUT2D eigenvalue weighted by Gasteiger charge is -2.20. The summed E-state index contributed by atoms with van der Waals surface area (Å²) >= 11 is 0. The third kappa shape index (κ3) is 2.89. The molecule has 4 nitrogen and oxygen atoms in total. The molecule has 2 aromatic rings. The average molecular weight is 281 g/mol. The van der Waals surface area contributed by atoms with Crippen LogP contribution in [0.15, 0.2) is 48.7 Å². The van der Waals surface area contributed by atoms with Crippen molar-refractivity contribution < 1.29 is 4.79 Å². The maximum Gasteiger partial charge on any atom is 0.276 e. The number of carbonyl (C=O) groups is 1. The highest BCUT2D eigenvalue weighted by Crippen LogP contribution is 2.23. The van der Waals surface area contributed by atoms with Crippen LogP contribution < -0.4 is 9.80 Å². The van der Waals surface area contributed by atoms with Gasteiger partial charge in [-0.05, 0) is 49.2 Å². The van der Waals surface area contributed by atoms with Crippen LogP contribution in [0.2, 0.25) is 0 Å². The van der Waals surface area contributed by atoms with Gasteiger partial charge in [-0.15, -0.1) is 0 Å². The summed E-state index contributed by atoms with van der Waals surface area (Å²) in [5.74, 6) is -0.0930. The summed E-state index contributed by atoms with van der Waals surface area (Å²) in [7, 11) is 1.78. The summed E-state index contributed by atoms with van der Waals surface area (Å²) in [5, 5.41) is 0. The van der Waals surface area contributed by atoms with Gasteiger partial charge >= 0.3 is 0 Å². The second-order valence-corrected chi connectivity index (χ2v) is 5.29. The summed E-state index contributed by atoms with van der Waals surface area (Å²) < 4.78 is 0. The van der Waals surface area contributed by atoms with E-state index in [1.165, 1.54) is 18.5 Å². The van der Waals surface area contributed by atoms with Crippen LogP contribution in [0.25, 0.3) is 0 Å². The Hall–Kier alpha value is -2.36. The van der Waals surface area contributed by atoms with Crippen molar-refractivity contribution in [1.29, 1.82) is 0 Å². The number of hydrogen-bond donors (Lipinski definition) is 0. The molecule has 1 aromatic carbocycles. The Morgan fingerprint density at radius 2 is 1.81 bits per heavy atom. The average Bonchev–Trinajstić information content (AvgIpc) is 3.09. The molecular formula is C17H19N3O. The quantitative estimate of drug-likeness (QED) is 0.868. The first kappa shape index (κ1) is 13.6. The van der Waals surface area contributed by atoms with Crippen LogP contribution >= 0.6 is 0 Å². The van der Waals surface area contributed by atoms with Crippen LogP contribution in [0.3, 0.4) is 0 Å². The maximum atomic E-state index is 12.3. The topological polar surface area (TPSA) is 36.4 Å². The molecule has 2 heterocycles. The zero-order valence-corrected chi connectivity index (χ0v) is 12.2. The normalized spacial score (nSPS) is 14.2. The molecule has 1 amide bonds. The fourth-order valence-corrected chi connectivity index (χ4v) is 2.64. The predicted molar refractivity (Wildman–Crippen MR) is 84.9 cm³/mol. The van der Waals surface area contributed by atoms with Crippen LogP contribution in [0, 0.1) is 0 Å². The second kappa shape index (κ2) is 5.95. The molecule has 0 unspecified atom stereocenters. The van der Waals surface area contributed by atoms with Crippen LogP contribution in [0.4, 0.5) is 11.4 Å².